The van der Waals surface area contributed by atoms with Crippen molar-refractivity contribution in [2.24, 2.45) is 12.0 Å². The maximum atomic E-state index is 13.5. The summed E-state index contributed by atoms with van der Waals surface area (Å²) in [6, 6.07) is 4.70. The quantitative estimate of drug-likeness (QED) is 0.662. The molecule has 0 spiro atoms. The first-order valence-electron chi connectivity index (χ1n) is 6.56. The first-order chi connectivity index (χ1) is 10.5. The molecule has 0 radical (unpaired) electrons. The zero-order chi connectivity index (χ0) is 16.1. The lowest BCUT2D eigenvalue weighted by Gasteiger charge is -2.12. The van der Waals surface area contributed by atoms with Crippen molar-refractivity contribution in [3.8, 4) is 0 Å². The lowest BCUT2D eigenvalue weighted by molar-refractivity contribution is 0.592. The van der Waals surface area contributed by atoms with Gasteiger partial charge < -0.3 is 15.2 Å². The second-order valence-electron chi connectivity index (χ2n) is 4.54. The van der Waals surface area contributed by atoms with Gasteiger partial charge in [0.1, 0.15) is 11.0 Å². The highest BCUT2D eigenvalue weighted by Gasteiger charge is 2.09. The van der Waals surface area contributed by atoms with Crippen molar-refractivity contribution in [1.82, 2.24) is 20.2 Å². The van der Waals surface area contributed by atoms with Gasteiger partial charge in [-0.2, -0.15) is 0 Å². The second kappa shape index (κ2) is 7.47. The molecular weight excluding hydrogens is 328 g/mol. The highest BCUT2D eigenvalue weighted by Crippen LogP contribution is 2.24. The van der Waals surface area contributed by atoms with E-state index in [4.69, 9.17) is 23.2 Å². The molecule has 0 fully saturated rings. The molecule has 2 rings (SSSR count). The molecule has 0 amide bonds. The predicted octanol–water partition coefficient (Wildman–Crippen LogP) is 2.73. The van der Waals surface area contributed by atoms with Gasteiger partial charge in [-0.15, -0.1) is 0 Å². The minimum atomic E-state index is -0.355. The number of aromatic nitrogens is 2. The first kappa shape index (κ1) is 16.6. The summed E-state index contributed by atoms with van der Waals surface area (Å²) in [5.41, 5.74) is 1.23. The molecule has 0 atom stereocenters. The lowest BCUT2D eigenvalue weighted by atomic mass is 10.3. The molecule has 0 aromatic carbocycles. The number of guanidine groups is 1. The minimum Gasteiger partial charge on any atom is -0.351 e. The van der Waals surface area contributed by atoms with Crippen LogP contribution in [0.2, 0.25) is 10.2 Å². The molecular formula is C14H16Cl2FN5. The Kier molecular flexibility index (Phi) is 5.63. The fourth-order valence-electron chi connectivity index (χ4n) is 1.87. The standard InChI is InChI=1S/C14H16Cl2FN5/c1-18-14(21-8-12-11(17)4-3-5-19-12)20-7-9-6-10(15)13(16)22(9)2/h3-6H,7-8H2,1-2H3,(H2,18,20,21). The number of hydrogen-bond donors (Lipinski definition) is 2. The van der Waals surface area contributed by atoms with Gasteiger partial charge >= 0.3 is 0 Å². The van der Waals surface area contributed by atoms with E-state index in [0.717, 1.165) is 5.69 Å². The molecule has 2 aromatic rings. The Morgan fingerprint density at radius 2 is 2.09 bits per heavy atom. The van der Waals surface area contributed by atoms with Crippen LogP contribution < -0.4 is 10.6 Å². The number of hydrogen-bond acceptors (Lipinski definition) is 2. The molecule has 0 aliphatic heterocycles. The van der Waals surface area contributed by atoms with Crippen molar-refractivity contribution in [2.75, 3.05) is 7.05 Å². The van der Waals surface area contributed by atoms with Crippen LogP contribution in [0.15, 0.2) is 29.4 Å². The summed E-state index contributed by atoms with van der Waals surface area (Å²) in [6.45, 7) is 0.717. The Balaban J connectivity index is 1.93. The number of rotatable bonds is 4. The summed E-state index contributed by atoms with van der Waals surface area (Å²) in [5.74, 6) is 0.171. The largest absolute Gasteiger partial charge is 0.351 e. The van der Waals surface area contributed by atoms with E-state index in [-0.39, 0.29) is 12.4 Å². The monoisotopic (exact) mass is 343 g/mol. The molecule has 22 heavy (non-hydrogen) atoms. The van der Waals surface area contributed by atoms with Crippen molar-refractivity contribution >= 4 is 29.2 Å². The normalized spacial score (nSPS) is 11.6. The van der Waals surface area contributed by atoms with Crippen LogP contribution in [0.5, 0.6) is 0 Å². The topological polar surface area (TPSA) is 54.2 Å². The molecule has 0 saturated carbocycles. The summed E-state index contributed by atoms with van der Waals surface area (Å²) >= 11 is 12.0. The van der Waals surface area contributed by atoms with Crippen molar-refractivity contribution in [2.45, 2.75) is 13.1 Å². The third-order valence-corrected chi connectivity index (χ3v) is 3.98. The van der Waals surface area contributed by atoms with E-state index in [9.17, 15) is 4.39 Å². The first-order valence-corrected chi connectivity index (χ1v) is 7.32. The van der Waals surface area contributed by atoms with E-state index in [0.29, 0.717) is 28.4 Å². The summed E-state index contributed by atoms with van der Waals surface area (Å²) < 4.78 is 15.3. The maximum absolute atomic E-state index is 13.5. The smallest absolute Gasteiger partial charge is 0.191 e. The van der Waals surface area contributed by atoms with Crippen molar-refractivity contribution in [3.05, 3.63) is 51.8 Å². The van der Waals surface area contributed by atoms with Crippen LogP contribution >= 0.6 is 23.2 Å². The third kappa shape index (κ3) is 3.90. The summed E-state index contributed by atoms with van der Waals surface area (Å²) in [6.07, 6.45) is 1.55. The average Bonchev–Trinajstić information content (AvgIpc) is 2.76. The van der Waals surface area contributed by atoms with Crippen molar-refractivity contribution in [3.63, 3.8) is 0 Å². The number of halogens is 3. The molecule has 118 valence electrons. The van der Waals surface area contributed by atoms with Crippen LogP contribution in [0, 0.1) is 5.82 Å². The number of nitrogens with one attached hydrogen (secondary N) is 2. The van der Waals surface area contributed by atoms with Gasteiger partial charge in [0.2, 0.25) is 0 Å². The Morgan fingerprint density at radius 1 is 1.36 bits per heavy atom. The van der Waals surface area contributed by atoms with E-state index in [1.165, 1.54) is 6.07 Å². The molecule has 2 heterocycles. The summed E-state index contributed by atoms with van der Waals surface area (Å²) in [4.78, 5) is 8.05. The van der Waals surface area contributed by atoms with Gasteiger partial charge in [-0.05, 0) is 18.2 Å². The van der Waals surface area contributed by atoms with E-state index in [1.54, 1.807) is 29.9 Å². The van der Waals surface area contributed by atoms with Crippen LogP contribution in [-0.4, -0.2) is 22.6 Å². The molecule has 0 saturated heterocycles. The van der Waals surface area contributed by atoms with Crippen molar-refractivity contribution < 1.29 is 4.39 Å². The molecule has 0 aliphatic rings. The SMILES string of the molecule is CN=C(NCc1ncccc1F)NCc1cc(Cl)c(Cl)n1C. The van der Waals surface area contributed by atoms with Crippen molar-refractivity contribution in [1.29, 1.82) is 0 Å². The van der Waals surface area contributed by atoms with Gasteiger partial charge in [0.25, 0.3) is 0 Å². The minimum absolute atomic E-state index is 0.237. The van der Waals surface area contributed by atoms with Gasteiger partial charge in [0.05, 0.1) is 23.8 Å². The number of nitrogens with zero attached hydrogens (tertiary/aromatic N) is 3. The van der Waals surface area contributed by atoms with E-state index >= 15 is 0 Å². The molecule has 0 unspecified atom stereocenters. The van der Waals surface area contributed by atoms with E-state index in [1.807, 2.05) is 7.05 Å². The van der Waals surface area contributed by atoms with Crippen LogP contribution in [0.1, 0.15) is 11.4 Å². The Morgan fingerprint density at radius 3 is 2.68 bits per heavy atom. The summed E-state index contributed by atoms with van der Waals surface area (Å²) in [5, 5.41) is 7.09. The van der Waals surface area contributed by atoms with Gasteiger partial charge in [0.15, 0.2) is 5.96 Å². The Bertz CT molecular complexity index is 684. The molecule has 5 nitrogen and oxygen atoms in total. The summed E-state index contributed by atoms with van der Waals surface area (Å²) in [7, 11) is 3.46. The van der Waals surface area contributed by atoms with Gasteiger partial charge in [0, 0.05) is 26.0 Å². The van der Waals surface area contributed by atoms with Crippen LogP contribution in [0.25, 0.3) is 0 Å². The molecule has 0 aliphatic carbocycles. The zero-order valence-corrected chi connectivity index (χ0v) is 13.7. The third-order valence-electron chi connectivity index (χ3n) is 3.13. The highest BCUT2D eigenvalue weighted by atomic mass is 35.5. The average molecular weight is 344 g/mol. The number of pyridine rings is 1. The molecule has 2 N–H and O–H groups in total. The Hall–Kier alpha value is -1.79. The van der Waals surface area contributed by atoms with Gasteiger partial charge in [-0.3, -0.25) is 9.98 Å². The zero-order valence-electron chi connectivity index (χ0n) is 12.2. The van der Waals surface area contributed by atoms with Crippen LogP contribution in [-0.2, 0) is 20.1 Å². The van der Waals surface area contributed by atoms with Gasteiger partial charge in [-0.25, -0.2) is 4.39 Å². The second-order valence-corrected chi connectivity index (χ2v) is 5.31. The predicted molar refractivity (Wildman–Crippen MR) is 86.7 cm³/mol. The van der Waals surface area contributed by atoms with E-state index < -0.39 is 0 Å². The Labute approximate surface area is 138 Å². The highest BCUT2D eigenvalue weighted by molar-refractivity contribution is 6.41. The fraction of sp³-hybridized carbons (Fsp3) is 0.286. The molecule has 2 aromatic heterocycles. The number of aliphatic imine (C=N–C) groups is 1. The van der Waals surface area contributed by atoms with Gasteiger partial charge in [-0.1, -0.05) is 23.2 Å². The molecule has 0 bridgehead atoms. The lowest BCUT2D eigenvalue weighted by Crippen LogP contribution is -2.37. The van der Waals surface area contributed by atoms with Crippen LogP contribution in [0.4, 0.5) is 4.39 Å². The fourth-order valence-corrected chi connectivity index (χ4v) is 2.29. The van der Waals surface area contributed by atoms with Crippen LogP contribution in [0.3, 0.4) is 0 Å². The van der Waals surface area contributed by atoms with E-state index in [2.05, 4.69) is 20.6 Å². The maximum Gasteiger partial charge on any atom is 0.191 e. The molecule has 8 heteroatoms.